The molecule has 140 valence electrons. The standard InChI is InChI=1S/C21H16FN3O3/c22-16-9-4-8-15(13-16)20(26)23-17(12-14-6-2-1-3-7-14)21-24-19(25-28-21)18-10-5-11-27-18/h1-11,13,17H,12H2,(H,23,26)/t17-/m0/s1. The summed E-state index contributed by atoms with van der Waals surface area (Å²) in [4.78, 5) is 17.0. The minimum atomic E-state index is -0.589. The van der Waals surface area contributed by atoms with Crippen LogP contribution in [0.4, 0.5) is 4.39 Å². The van der Waals surface area contributed by atoms with Crippen molar-refractivity contribution in [2.75, 3.05) is 0 Å². The topological polar surface area (TPSA) is 81.2 Å². The maximum Gasteiger partial charge on any atom is 0.252 e. The van der Waals surface area contributed by atoms with E-state index in [4.69, 9.17) is 8.94 Å². The number of nitrogens with zero attached hydrogens (tertiary/aromatic N) is 2. The number of hydrogen-bond donors (Lipinski definition) is 1. The Hall–Kier alpha value is -3.74. The van der Waals surface area contributed by atoms with Gasteiger partial charge in [-0.15, -0.1) is 0 Å². The van der Waals surface area contributed by atoms with Crippen molar-refractivity contribution >= 4 is 5.91 Å². The number of carbonyl (C=O) groups excluding carboxylic acids is 1. The average Bonchev–Trinajstić information content (AvgIpc) is 3.40. The first-order chi connectivity index (χ1) is 13.7. The van der Waals surface area contributed by atoms with Crippen LogP contribution in [0, 0.1) is 5.82 Å². The highest BCUT2D eigenvalue weighted by molar-refractivity contribution is 5.94. The molecule has 6 nitrogen and oxygen atoms in total. The largest absolute Gasteiger partial charge is 0.461 e. The van der Waals surface area contributed by atoms with Crippen LogP contribution >= 0.6 is 0 Å². The van der Waals surface area contributed by atoms with Crippen molar-refractivity contribution in [3.8, 4) is 11.6 Å². The first-order valence-corrected chi connectivity index (χ1v) is 8.67. The summed E-state index contributed by atoms with van der Waals surface area (Å²) in [6.07, 6.45) is 1.94. The molecule has 1 N–H and O–H groups in total. The van der Waals surface area contributed by atoms with Gasteiger partial charge in [-0.2, -0.15) is 4.98 Å². The van der Waals surface area contributed by atoms with E-state index in [2.05, 4.69) is 15.5 Å². The van der Waals surface area contributed by atoms with Crippen LogP contribution in [0.15, 0.2) is 81.9 Å². The molecule has 0 spiro atoms. The first kappa shape index (κ1) is 17.7. The summed E-state index contributed by atoms with van der Waals surface area (Å²) in [5, 5.41) is 6.78. The van der Waals surface area contributed by atoms with E-state index < -0.39 is 17.8 Å². The summed E-state index contributed by atoms with van der Waals surface area (Å²) in [5.74, 6) is 0.0753. The SMILES string of the molecule is O=C(N[C@@H](Cc1ccccc1)c1nc(-c2ccco2)no1)c1cccc(F)c1. The van der Waals surface area contributed by atoms with Crippen molar-refractivity contribution in [2.24, 2.45) is 0 Å². The molecule has 0 saturated carbocycles. The second kappa shape index (κ2) is 7.87. The molecule has 28 heavy (non-hydrogen) atoms. The van der Waals surface area contributed by atoms with Gasteiger partial charge in [-0.1, -0.05) is 41.6 Å². The molecule has 1 amide bonds. The quantitative estimate of drug-likeness (QED) is 0.545. The highest BCUT2D eigenvalue weighted by Gasteiger charge is 2.23. The van der Waals surface area contributed by atoms with E-state index in [0.717, 1.165) is 5.56 Å². The van der Waals surface area contributed by atoms with Crippen molar-refractivity contribution < 1.29 is 18.1 Å². The van der Waals surface area contributed by atoms with Gasteiger partial charge in [0.1, 0.15) is 11.9 Å². The minimum Gasteiger partial charge on any atom is -0.461 e. The third-order valence-corrected chi connectivity index (χ3v) is 4.16. The van der Waals surface area contributed by atoms with E-state index in [0.29, 0.717) is 12.2 Å². The molecule has 2 heterocycles. The fourth-order valence-electron chi connectivity index (χ4n) is 2.80. The average molecular weight is 377 g/mol. The first-order valence-electron chi connectivity index (χ1n) is 8.67. The predicted octanol–water partition coefficient (Wildman–Crippen LogP) is 4.18. The van der Waals surface area contributed by atoms with E-state index in [-0.39, 0.29) is 17.3 Å². The molecule has 2 aromatic heterocycles. The molecular weight excluding hydrogens is 361 g/mol. The molecule has 0 aliphatic rings. The van der Waals surface area contributed by atoms with E-state index in [9.17, 15) is 9.18 Å². The minimum absolute atomic E-state index is 0.212. The zero-order chi connectivity index (χ0) is 19.3. The summed E-state index contributed by atoms with van der Waals surface area (Å²) in [6, 6.07) is 17.9. The molecule has 0 unspecified atom stereocenters. The lowest BCUT2D eigenvalue weighted by Crippen LogP contribution is -2.30. The molecule has 4 rings (SSSR count). The number of rotatable bonds is 6. The molecule has 7 heteroatoms. The number of amides is 1. The zero-order valence-electron chi connectivity index (χ0n) is 14.7. The second-order valence-corrected chi connectivity index (χ2v) is 6.16. The molecule has 2 aromatic carbocycles. The van der Waals surface area contributed by atoms with Gasteiger partial charge < -0.3 is 14.3 Å². The Morgan fingerprint density at radius 1 is 1.07 bits per heavy atom. The van der Waals surface area contributed by atoms with Crippen LogP contribution in [-0.4, -0.2) is 16.0 Å². The van der Waals surface area contributed by atoms with Crippen LogP contribution < -0.4 is 5.32 Å². The predicted molar refractivity (Wildman–Crippen MR) is 98.8 cm³/mol. The molecule has 1 atom stereocenters. The Labute approximate surface area is 160 Å². The van der Waals surface area contributed by atoms with Crippen LogP contribution in [0.3, 0.4) is 0 Å². The third-order valence-electron chi connectivity index (χ3n) is 4.16. The van der Waals surface area contributed by atoms with Crippen molar-refractivity contribution in [1.29, 1.82) is 0 Å². The lowest BCUT2D eigenvalue weighted by atomic mass is 10.1. The van der Waals surface area contributed by atoms with Gasteiger partial charge in [0, 0.05) is 12.0 Å². The van der Waals surface area contributed by atoms with Crippen LogP contribution in [-0.2, 0) is 6.42 Å². The van der Waals surface area contributed by atoms with Gasteiger partial charge in [0.05, 0.1) is 6.26 Å². The van der Waals surface area contributed by atoms with Crippen molar-refractivity contribution in [3.05, 3.63) is 95.8 Å². The van der Waals surface area contributed by atoms with Crippen LogP contribution in [0.2, 0.25) is 0 Å². The number of benzene rings is 2. The number of hydrogen-bond acceptors (Lipinski definition) is 5. The Morgan fingerprint density at radius 2 is 1.93 bits per heavy atom. The Bertz CT molecular complexity index is 1060. The van der Waals surface area contributed by atoms with E-state index in [1.807, 2.05) is 30.3 Å². The molecule has 4 aromatic rings. The van der Waals surface area contributed by atoms with Gasteiger partial charge in [-0.25, -0.2) is 4.39 Å². The second-order valence-electron chi connectivity index (χ2n) is 6.16. The normalized spacial score (nSPS) is 11.9. The van der Waals surface area contributed by atoms with E-state index >= 15 is 0 Å². The molecule has 0 aliphatic heterocycles. The monoisotopic (exact) mass is 377 g/mol. The number of carbonyl (C=O) groups is 1. The van der Waals surface area contributed by atoms with Gasteiger partial charge in [0.15, 0.2) is 5.76 Å². The maximum atomic E-state index is 13.5. The van der Waals surface area contributed by atoms with Crippen molar-refractivity contribution in [3.63, 3.8) is 0 Å². The maximum absolute atomic E-state index is 13.5. The Balaban J connectivity index is 1.61. The molecule has 0 aliphatic carbocycles. The van der Waals surface area contributed by atoms with E-state index in [1.54, 1.807) is 18.2 Å². The number of halogens is 1. The smallest absolute Gasteiger partial charge is 0.252 e. The lowest BCUT2D eigenvalue weighted by Gasteiger charge is -2.15. The van der Waals surface area contributed by atoms with Gasteiger partial charge in [-0.3, -0.25) is 4.79 Å². The summed E-state index contributed by atoms with van der Waals surface area (Å²) in [5.41, 5.74) is 1.19. The molecular formula is C21H16FN3O3. The summed E-state index contributed by atoms with van der Waals surface area (Å²) in [6.45, 7) is 0. The van der Waals surface area contributed by atoms with E-state index in [1.165, 1.54) is 24.5 Å². The van der Waals surface area contributed by atoms with Gasteiger partial charge in [0.2, 0.25) is 11.7 Å². The van der Waals surface area contributed by atoms with Crippen LogP contribution in [0.25, 0.3) is 11.6 Å². The highest BCUT2D eigenvalue weighted by Crippen LogP contribution is 2.22. The highest BCUT2D eigenvalue weighted by atomic mass is 19.1. The Kier molecular flexibility index (Phi) is 4.97. The molecule has 0 radical (unpaired) electrons. The van der Waals surface area contributed by atoms with Crippen molar-refractivity contribution in [1.82, 2.24) is 15.5 Å². The van der Waals surface area contributed by atoms with Gasteiger partial charge in [-0.05, 0) is 35.9 Å². The van der Waals surface area contributed by atoms with Crippen molar-refractivity contribution in [2.45, 2.75) is 12.5 Å². The Morgan fingerprint density at radius 3 is 2.68 bits per heavy atom. The zero-order valence-corrected chi connectivity index (χ0v) is 14.7. The number of nitrogens with one attached hydrogen (secondary N) is 1. The fraction of sp³-hybridized carbons (Fsp3) is 0.0952. The van der Waals surface area contributed by atoms with Crippen LogP contribution in [0.1, 0.15) is 27.9 Å². The lowest BCUT2D eigenvalue weighted by molar-refractivity contribution is 0.0927. The summed E-state index contributed by atoms with van der Waals surface area (Å²) < 4.78 is 24.1. The van der Waals surface area contributed by atoms with Gasteiger partial charge in [0.25, 0.3) is 5.91 Å². The number of aromatic nitrogens is 2. The summed E-state index contributed by atoms with van der Waals surface area (Å²) in [7, 11) is 0. The molecule has 0 fully saturated rings. The number of furan rings is 1. The molecule has 0 bridgehead atoms. The van der Waals surface area contributed by atoms with Gasteiger partial charge >= 0.3 is 0 Å². The third kappa shape index (κ3) is 3.98. The summed E-state index contributed by atoms with van der Waals surface area (Å²) >= 11 is 0. The molecule has 0 saturated heterocycles. The van der Waals surface area contributed by atoms with Crippen LogP contribution in [0.5, 0.6) is 0 Å². The fourth-order valence-corrected chi connectivity index (χ4v) is 2.80.